The quantitative estimate of drug-likeness (QED) is 0.349. The van der Waals surface area contributed by atoms with Crippen molar-refractivity contribution in [2.24, 2.45) is 0 Å². The molecular formula is C22H26N4O3S3. The lowest BCUT2D eigenvalue weighted by molar-refractivity contribution is -0.113. The fraction of sp³-hybridized carbons (Fsp3) is 0.455. The van der Waals surface area contributed by atoms with E-state index in [1.165, 1.54) is 38.4 Å². The Morgan fingerprint density at radius 1 is 1.25 bits per heavy atom. The highest BCUT2D eigenvalue weighted by molar-refractivity contribution is 7.99. The summed E-state index contributed by atoms with van der Waals surface area (Å²) in [6.07, 6.45) is 2.84. The van der Waals surface area contributed by atoms with Crippen LogP contribution in [0.4, 0.5) is 5.00 Å². The molecule has 7 nitrogen and oxygen atoms in total. The van der Waals surface area contributed by atoms with Crippen molar-refractivity contribution in [2.45, 2.75) is 58.7 Å². The lowest BCUT2D eigenvalue weighted by atomic mass is 10.1. The zero-order valence-electron chi connectivity index (χ0n) is 18.6. The highest BCUT2D eigenvalue weighted by atomic mass is 32.2. The van der Waals surface area contributed by atoms with E-state index < -0.39 is 0 Å². The molecule has 10 heteroatoms. The number of carbonyl (C=O) groups is 2. The third-order valence-corrected chi connectivity index (χ3v) is 8.73. The van der Waals surface area contributed by atoms with Gasteiger partial charge in [0, 0.05) is 27.2 Å². The number of nitrogens with one attached hydrogen (secondary N) is 1. The molecule has 1 amide bonds. The molecule has 0 spiro atoms. The summed E-state index contributed by atoms with van der Waals surface area (Å²) in [5, 5.41) is 15.1. The Bertz CT molecular complexity index is 1160. The minimum Gasteiger partial charge on any atom is -0.462 e. The number of aromatic nitrogens is 3. The van der Waals surface area contributed by atoms with Gasteiger partial charge in [0.2, 0.25) is 5.91 Å². The van der Waals surface area contributed by atoms with Crippen LogP contribution in [0, 0.1) is 13.8 Å². The molecule has 3 heterocycles. The molecule has 0 saturated carbocycles. The summed E-state index contributed by atoms with van der Waals surface area (Å²) in [5.74, 6) is 0.489. The van der Waals surface area contributed by atoms with Gasteiger partial charge >= 0.3 is 5.97 Å². The molecule has 4 rings (SSSR count). The van der Waals surface area contributed by atoms with Gasteiger partial charge in [0.15, 0.2) is 11.0 Å². The number of carbonyl (C=O) groups excluding carboxylic acids is 2. The maximum Gasteiger partial charge on any atom is 0.341 e. The Labute approximate surface area is 199 Å². The monoisotopic (exact) mass is 490 g/mol. The van der Waals surface area contributed by atoms with Crippen LogP contribution in [0.2, 0.25) is 0 Å². The molecule has 0 unspecified atom stereocenters. The summed E-state index contributed by atoms with van der Waals surface area (Å²) < 4.78 is 7.28. The van der Waals surface area contributed by atoms with Gasteiger partial charge in [0.25, 0.3) is 0 Å². The van der Waals surface area contributed by atoms with Gasteiger partial charge in [0.05, 0.1) is 17.9 Å². The second-order valence-electron chi connectivity index (χ2n) is 7.50. The SMILES string of the molecule is CCOC(=O)c1c(NC(=O)CSc2nnc(-c3csc(C)c3C)n2CC)sc2c1CCC2. The van der Waals surface area contributed by atoms with Crippen LogP contribution >= 0.6 is 34.4 Å². The van der Waals surface area contributed by atoms with Crippen molar-refractivity contribution >= 4 is 51.3 Å². The third kappa shape index (κ3) is 4.35. The number of anilines is 1. The molecule has 32 heavy (non-hydrogen) atoms. The van der Waals surface area contributed by atoms with Gasteiger partial charge in [-0.15, -0.1) is 32.9 Å². The molecule has 1 aliphatic rings. The minimum absolute atomic E-state index is 0.171. The Morgan fingerprint density at radius 3 is 2.75 bits per heavy atom. The van der Waals surface area contributed by atoms with Gasteiger partial charge in [-0.25, -0.2) is 4.79 Å². The van der Waals surface area contributed by atoms with Crippen LogP contribution in [-0.2, 0) is 28.9 Å². The molecule has 0 aromatic carbocycles. The summed E-state index contributed by atoms with van der Waals surface area (Å²) in [7, 11) is 0. The predicted molar refractivity (Wildman–Crippen MR) is 130 cm³/mol. The molecule has 170 valence electrons. The molecule has 0 bridgehead atoms. The maximum absolute atomic E-state index is 12.7. The second-order valence-corrected chi connectivity index (χ2v) is 10.6. The van der Waals surface area contributed by atoms with Crippen LogP contribution in [0.25, 0.3) is 11.4 Å². The summed E-state index contributed by atoms with van der Waals surface area (Å²) in [4.78, 5) is 27.7. The van der Waals surface area contributed by atoms with E-state index in [1.54, 1.807) is 18.3 Å². The van der Waals surface area contributed by atoms with Crippen molar-refractivity contribution in [2.75, 3.05) is 17.7 Å². The fourth-order valence-corrected chi connectivity index (χ4v) is 6.78. The minimum atomic E-state index is -0.355. The number of thiophene rings is 2. The molecule has 1 aliphatic carbocycles. The molecule has 0 radical (unpaired) electrons. The summed E-state index contributed by atoms with van der Waals surface area (Å²) in [5.41, 5.74) is 3.87. The Morgan fingerprint density at radius 2 is 2.06 bits per heavy atom. The summed E-state index contributed by atoms with van der Waals surface area (Å²) >= 11 is 4.55. The number of nitrogens with zero attached hydrogens (tertiary/aromatic N) is 3. The molecule has 0 atom stereocenters. The lowest BCUT2D eigenvalue weighted by Gasteiger charge is -2.09. The molecular weight excluding hydrogens is 464 g/mol. The standard InChI is InChI=1S/C22H26N4O3S3/c1-5-26-19(15-10-30-13(4)12(15)3)24-25-22(26)31-11-17(27)23-20-18(21(28)29-6-2)14-8-7-9-16(14)32-20/h10H,5-9,11H2,1-4H3,(H,23,27). The zero-order chi connectivity index (χ0) is 22.8. The van der Waals surface area contributed by atoms with E-state index in [2.05, 4.69) is 34.7 Å². The first kappa shape index (κ1) is 23.0. The number of hydrogen-bond donors (Lipinski definition) is 1. The number of thioether (sulfide) groups is 1. The van der Waals surface area contributed by atoms with Gasteiger partial charge in [-0.3, -0.25) is 4.79 Å². The Balaban J connectivity index is 1.48. The molecule has 0 saturated heterocycles. The topological polar surface area (TPSA) is 86.1 Å². The van der Waals surface area contributed by atoms with Crippen LogP contribution in [0.5, 0.6) is 0 Å². The Hall–Kier alpha value is -2.17. The maximum atomic E-state index is 12.7. The van der Waals surface area contributed by atoms with Crippen LogP contribution < -0.4 is 5.32 Å². The highest BCUT2D eigenvalue weighted by Gasteiger charge is 2.28. The van der Waals surface area contributed by atoms with Crippen molar-refractivity contribution in [1.29, 1.82) is 0 Å². The Kier molecular flexibility index (Phi) is 7.02. The van der Waals surface area contributed by atoms with E-state index >= 15 is 0 Å². The number of esters is 1. The van der Waals surface area contributed by atoms with Gasteiger partial charge in [-0.05, 0) is 58.1 Å². The molecule has 3 aromatic heterocycles. The number of hydrogen-bond acceptors (Lipinski definition) is 8. The molecule has 0 fully saturated rings. The summed E-state index contributed by atoms with van der Waals surface area (Å²) in [6.45, 7) is 9.05. The van der Waals surface area contributed by atoms with Crippen molar-refractivity contribution in [3.8, 4) is 11.4 Å². The zero-order valence-corrected chi connectivity index (χ0v) is 21.1. The van der Waals surface area contributed by atoms with E-state index in [0.29, 0.717) is 28.9 Å². The second kappa shape index (κ2) is 9.76. The van der Waals surface area contributed by atoms with E-state index in [4.69, 9.17) is 4.74 Å². The fourth-order valence-electron chi connectivity index (χ4n) is 3.82. The van der Waals surface area contributed by atoms with E-state index in [9.17, 15) is 9.59 Å². The van der Waals surface area contributed by atoms with Gasteiger partial charge in [-0.2, -0.15) is 0 Å². The first-order chi connectivity index (χ1) is 15.4. The largest absolute Gasteiger partial charge is 0.462 e. The lowest BCUT2D eigenvalue weighted by Crippen LogP contribution is -2.17. The number of rotatable bonds is 8. The number of amides is 1. The van der Waals surface area contributed by atoms with Gasteiger partial charge in [-0.1, -0.05) is 11.8 Å². The van der Waals surface area contributed by atoms with Crippen molar-refractivity contribution in [1.82, 2.24) is 14.8 Å². The van der Waals surface area contributed by atoms with Gasteiger partial charge < -0.3 is 14.6 Å². The van der Waals surface area contributed by atoms with E-state index in [0.717, 1.165) is 36.2 Å². The van der Waals surface area contributed by atoms with E-state index in [-0.39, 0.29) is 17.6 Å². The first-order valence-electron chi connectivity index (χ1n) is 10.7. The number of aryl methyl sites for hydroxylation is 2. The van der Waals surface area contributed by atoms with E-state index in [1.807, 2.05) is 11.5 Å². The highest BCUT2D eigenvalue weighted by Crippen LogP contribution is 2.39. The van der Waals surface area contributed by atoms with Crippen LogP contribution in [0.1, 0.15) is 51.5 Å². The first-order valence-corrected chi connectivity index (χ1v) is 13.3. The molecule has 3 aromatic rings. The van der Waals surface area contributed by atoms with Gasteiger partial charge in [0.1, 0.15) is 5.00 Å². The van der Waals surface area contributed by atoms with Crippen LogP contribution in [0.15, 0.2) is 10.5 Å². The molecule has 1 N–H and O–H groups in total. The van der Waals surface area contributed by atoms with Crippen molar-refractivity contribution < 1.29 is 14.3 Å². The van der Waals surface area contributed by atoms with Crippen LogP contribution in [-0.4, -0.2) is 39.0 Å². The van der Waals surface area contributed by atoms with Crippen molar-refractivity contribution in [3.63, 3.8) is 0 Å². The molecule has 0 aliphatic heterocycles. The van der Waals surface area contributed by atoms with Crippen LogP contribution in [0.3, 0.4) is 0 Å². The number of fused-ring (bicyclic) bond motifs is 1. The smallest absolute Gasteiger partial charge is 0.341 e. The van der Waals surface area contributed by atoms with Crippen molar-refractivity contribution in [3.05, 3.63) is 31.8 Å². The average molecular weight is 491 g/mol. The normalized spacial score (nSPS) is 12.8. The predicted octanol–water partition coefficient (Wildman–Crippen LogP) is 5.10. The average Bonchev–Trinajstić information content (AvgIpc) is 3.51. The third-order valence-electron chi connectivity index (χ3n) is 5.55. The summed E-state index contributed by atoms with van der Waals surface area (Å²) in [6, 6.07) is 0. The number of ether oxygens (including phenoxy) is 1.